The van der Waals surface area contributed by atoms with Gasteiger partial charge in [0.25, 0.3) is 0 Å². The Morgan fingerprint density at radius 3 is 1.26 bits per heavy atom. The van der Waals surface area contributed by atoms with Gasteiger partial charge in [-0.05, 0) is 114 Å². The van der Waals surface area contributed by atoms with Gasteiger partial charge < -0.3 is 0 Å². The summed E-state index contributed by atoms with van der Waals surface area (Å²) in [6.07, 6.45) is 0. The third kappa shape index (κ3) is 7.10. The number of benzene rings is 11. The highest BCUT2D eigenvalue weighted by Crippen LogP contribution is 2.58. The maximum absolute atomic E-state index is 5.62. The van der Waals surface area contributed by atoms with Crippen LogP contribution in [0.15, 0.2) is 279 Å². The quantitative estimate of drug-likeness (QED) is 0.145. The van der Waals surface area contributed by atoms with E-state index < -0.39 is 5.41 Å². The summed E-state index contributed by atoms with van der Waals surface area (Å²) < 4.78 is 2.32. The minimum absolute atomic E-state index is 0.532. The SMILES string of the molecule is c1ccc(-c2cccc(-c3nc(-c4cccc(-c5ccccc5)c4)nc(-n4c5cc6c(cc5c5c(-c7ccccc7)cc(-c7ccccc7)cc54)-c4ccccc4C6(c4ccccc4)c4ccccc4)n3)c2)cc1. The van der Waals surface area contributed by atoms with Gasteiger partial charge in [0, 0.05) is 21.9 Å². The molecule has 0 saturated carbocycles. The van der Waals surface area contributed by atoms with Gasteiger partial charge in [0.15, 0.2) is 11.6 Å². The molecule has 13 aromatic rings. The third-order valence-electron chi connectivity index (χ3n) is 14.9. The molecule has 346 valence electrons. The van der Waals surface area contributed by atoms with Gasteiger partial charge in [0.1, 0.15) is 0 Å². The lowest BCUT2D eigenvalue weighted by Crippen LogP contribution is -2.28. The Kier molecular flexibility index (Phi) is 10.4. The van der Waals surface area contributed by atoms with Crippen LogP contribution in [-0.2, 0) is 5.41 Å². The van der Waals surface area contributed by atoms with Crippen molar-refractivity contribution < 1.29 is 0 Å². The summed E-state index contributed by atoms with van der Waals surface area (Å²) in [5.74, 6) is 1.70. The van der Waals surface area contributed by atoms with Crippen molar-refractivity contribution in [2.45, 2.75) is 5.41 Å². The maximum atomic E-state index is 5.62. The first-order chi connectivity index (χ1) is 36.7. The summed E-state index contributed by atoms with van der Waals surface area (Å²) in [6.45, 7) is 0. The largest absolute Gasteiger partial charge is 0.278 e. The number of rotatable bonds is 9. The Morgan fingerprint density at radius 1 is 0.270 bits per heavy atom. The van der Waals surface area contributed by atoms with E-state index >= 15 is 0 Å². The lowest BCUT2D eigenvalue weighted by Gasteiger charge is -2.34. The molecule has 14 rings (SSSR count). The van der Waals surface area contributed by atoms with Gasteiger partial charge in [-0.15, -0.1) is 0 Å². The van der Waals surface area contributed by atoms with Crippen LogP contribution in [0.1, 0.15) is 22.3 Å². The predicted octanol–water partition coefficient (Wildman–Crippen LogP) is 17.3. The van der Waals surface area contributed by atoms with Crippen molar-refractivity contribution in [2.75, 3.05) is 0 Å². The van der Waals surface area contributed by atoms with E-state index in [4.69, 9.17) is 15.0 Å². The molecule has 0 saturated heterocycles. The maximum Gasteiger partial charge on any atom is 0.238 e. The Labute approximate surface area is 430 Å². The molecule has 4 nitrogen and oxygen atoms in total. The molecule has 74 heavy (non-hydrogen) atoms. The molecular formula is C70H46N4. The van der Waals surface area contributed by atoms with E-state index in [1.807, 2.05) is 0 Å². The summed E-state index contributed by atoms with van der Waals surface area (Å²) in [6, 6.07) is 100. The van der Waals surface area contributed by atoms with E-state index in [-0.39, 0.29) is 0 Å². The van der Waals surface area contributed by atoms with Crippen molar-refractivity contribution in [3.8, 4) is 84.4 Å². The molecule has 0 radical (unpaired) electrons. The number of hydrogen-bond donors (Lipinski definition) is 0. The second-order valence-corrected chi connectivity index (χ2v) is 19.1. The average molecular weight is 943 g/mol. The molecule has 1 aliphatic rings. The lowest BCUT2D eigenvalue weighted by molar-refractivity contribution is 0.769. The third-order valence-corrected chi connectivity index (χ3v) is 14.9. The molecule has 0 atom stereocenters. The highest BCUT2D eigenvalue weighted by Gasteiger charge is 2.46. The van der Waals surface area contributed by atoms with E-state index in [0.29, 0.717) is 17.6 Å². The normalized spacial score (nSPS) is 12.4. The Bertz CT molecular complexity index is 4070. The zero-order valence-corrected chi connectivity index (χ0v) is 40.3. The van der Waals surface area contributed by atoms with Crippen LogP contribution in [0.25, 0.3) is 106 Å². The Hall–Kier alpha value is -9.77. The van der Waals surface area contributed by atoms with Gasteiger partial charge in [-0.3, -0.25) is 4.57 Å². The van der Waals surface area contributed by atoms with Crippen LogP contribution in [0.2, 0.25) is 0 Å². The van der Waals surface area contributed by atoms with Crippen LogP contribution in [0.4, 0.5) is 0 Å². The van der Waals surface area contributed by atoms with Gasteiger partial charge in [-0.2, -0.15) is 9.97 Å². The fourth-order valence-electron chi connectivity index (χ4n) is 11.6. The average Bonchev–Trinajstić information content (AvgIpc) is 4.01. The predicted molar refractivity (Wildman–Crippen MR) is 304 cm³/mol. The first-order valence-electron chi connectivity index (χ1n) is 25.3. The van der Waals surface area contributed by atoms with Crippen molar-refractivity contribution in [3.05, 3.63) is 301 Å². The van der Waals surface area contributed by atoms with Crippen LogP contribution < -0.4 is 0 Å². The molecule has 11 aromatic carbocycles. The summed E-state index contributed by atoms with van der Waals surface area (Å²) >= 11 is 0. The highest BCUT2D eigenvalue weighted by molar-refractivity contribution is 6.18. The van der Waals surface area contributed by atoms with Crippen molar-refractivity contribution in [1.82, 2.24) is 19.5 Å². The van der Waals surface area contributed by atoms with Gasteiger partial charge in [-0.25, -0.2) is 4.98 Å². The molecule has 0 N–H and O–H groups in total. The monoisotopic (exact) mass is 942 g/mol. The van der Waals surface area contributed by atoms with Gasteiger partial charge in [0.05, 0.1) is 16.4 Å². The van der Waals surface area contributed by atoms with Crippen molar-refractivity contribution in [1.29, 1.82) is 0 Å². The molecule has 0 unspecified atom stereocenters. The van der Waals surface area contributed by atoms with Crippen molar-refractivity contribution in [2.24, 2.45) is 0 Å². The number of fused-ring (bicyclic) bond motifs is 6. The summed E-state index contributed by atoms with van der Waals surface area (Å²) in [5, 5.41) is 2.24. The summed E-state index contributed by atoms with van der Waals surface area (Å²) in [5.41, 5.74) is 19.4. The van der Waals surface area contributed by atoms with Crippen molar-refractivity contribution >= 4 is 21.8 Å². The van der Waals surface area contributed by atoms with E-state index in [0.717, 1.165) is 77.4 Å². The lowest BCUT2D eigenvalue weighted by atomic mass is 9.67. The van der Waals surface area contributed by atoms with E-state index in [1.165, 1.54) is 33.4 Å². The first-order valence-corrected chi connectivity index (χ1v) is 25.3. The summed E-state index contributed by atoms with van der Waals surface area (Å²) in [4.78, 5) is 16.6. The fourth-order valence-corrected chi connectivity index (χ4v) is 11.6. The minimum Gasteiger partial charge on any atom is -0.278 e. The molecule has 0 fully saturated rings. The molecule has 2 heterocycles. The molecular weight excluding hydrogens is 897 g/mol. The highest BCUT2D eigenvalue weighted by atomic mass is 15.2. The molecule has 0 aliphatic heterocycles. The van der Waals surface area contributed by atoms with Crippen LogP contribution in [0.5, 0.6) is 0 Å². The molecule has 1 aliphatic carbocycles. The van der Waals surface area contributed by atoms with Crippen molar-refractivity contribution in [3.63, 3.8) is 0 Å². The van der Waals surface area contributed by atoms with E-state index in [2.05, 4.69) is 284 Å². The Balaban J connectivity index is 1.13. The zero-order chi connectivity index (χ0) is 49.0. The molecule has 0 bridgehead atoms. The number of aromatic nitrogens is 4. The molecule has 2 aromatic heterocycles. The Morgan fingerprint density at radius 2 is 0.716 bits per heavy atom. The standard InChI is InChI=1S/C70H46N4/c1-7-23-47(24-8-1)51-31-21-33-53(41-51)67-71-68(54-34-22-32-52(42-54)48-25-9-2-10-26-48)73-69(72-67)74-64-46-63-60(58-39-19-20-40-62(58)70(63,56-35-15-5-16-36-56)57-37-17-6-18-38-57)45-61(64)66-59(50-29-13-4-14-30-50)43-55(44-65(66)74)49-27-11-3-12-28-49/h1-46H. The van der Waals surface area contributed by atoms with E-state index in [1.54, 1.807) is 0 Å². The minimum atomic E-state index is -0.632. The summed E-state index contributed by atoms with van der Waals surface area (Å²) in [7, 11) is 0. The van der Waals surface area contributed by atoms with E-state index in [9.17, 15) is 0 Å². The number of hydrogen-bond acceptors (Lipinski definition) is 3. The fraction of sp³-hybridized carbons (Fsp3) is 0.0143. The number of nitrogens with zero attached hydrogens (tertiary/aromatic N) is 4. The topological polar surface area (TPSA) is 43.6 Å². The van der Waals surface area contributed by atoms with Crippen LogP contribution >= 0.6 is 0 Å². The van der Waals surface area contributed by atoms with Crippen LogP contribution in [0, 0.1) is 0 Å². The smallest absolute Gasteiger partial charge is 0.238 e. The van der Waals surface area contributed by atoms with Gasteiger partial charge >= 0.3 is 0 Å². The first kappa shape index (κ1) is 43.1. The molecule has 0 spiro atoms. The van der Waals surface area contributed by atoms with Gasteiger partial charge in [-0.1, -0.05) is 243 Å². The zero-order valence-electron chi connectivity index (χ0n) is 40.3. The van der Waals surface area contributed by atoms with Gasteiger partial charge in [0.2, 0.25) is 5.95 Å². The second kappa shape index (κ2) is 17.8. The molecule has 0 amide bonds. The molecule has 4 heteroatoms. The second-order valence-electron chi connectivity index (χ2n) is 19.1. The van der Waals surface area contributed by atoms with Crippen LogP contribution in [-0.4, -0.2) is 19.5 Å². The van der Waals surface area contributed by atoms with Crippen LogP contribution in [0.3, 0.4) is 0 Å².